The average molecular weight is 335 g/mol. The Hall–Kier alpha value is -1.63. The van der Waals surface area contributed by atoms with Crippen LogP contribution in [0.1, 0.15) is 50.2 Å². The lowest BCUT2D eigenvalue weighted by Gasteiger charge is -2.32. The Morgan fingerprint density at radius 3 is 2.75 bits per heavy atom. The van der Waals surface area contributed by atoms with Crippen LogP contribution in [0.3, 0.4) is 0 Å². The maximum Gasteiger partial charge on any atom is 0.317 e. The fraction of sp³-hybridized carbons (Fsp3) is 0.824. The second kappa shape index (κ2) is 7.96. The molecule has 0 bridgehead atoms. The summed E-state index contributed by atoms with van der Waals surface area (Å²) in [5.41, 5.74) is 0. The molecule has 1 aromatic heterocycles. The number of nitrogens with one attached hydrogen (secondary N) is 1. The van der Waals surface area contributed by atoms with Crippen molar-refractivity contribution in [3.8, 4) is 0 Å². The molecule has 3 heterocycles. The van der Waals surface area contributed by atoms with Gasteiger partial charge < -0.3 is 19.6 Å². The second-order valence-electron chi connectivity index (χ2n) is 7.22. The van der Waals surface area contributed by atoms with E-state index in [2.05, 4.69) is 27.3 Å². The average Bonchev–Trinajstić information content (AvgIpc) is 3.01. The number of likely N-dealkylation sites (tertiary alicyclic amines) is 2. The van der Waals surface area contributed by atoms with Gasteiger partial charge in [-0.25, -0.2) is 4.79 Å². The lowest BCUT2D eigenvalue weighted by Crippen LogP contribution is -2.47. The van der Waals surface area contributed by atoms with Gasteiger partial charge in [-0.3, -0.25) is 0 Å². The summed E-state index contributed by atoms with van der Waals surface area (Å²) in [4.78, 5) is 21.0. The minimum Gasteiger partial charge on any atom is -0.339 e. The van der Waals surface area contributed by atoms with Crippen LogP contribution in [0.25, 0.3) is 0 Å². The first kappa shape index (κ1) is 17.2. The van der Waals surface area contributed by atoms with Gasteiger partial charge in [-0.05, 0) is 45.1 Å². The molecule has 0 saturated carbocycles. The van der Waals surface area contributed by atoms with Crippen LogP contribution in [0.4, 0.5) is 4.79 Å². The first-order valence-electron chi connectivity index (χ1n) is 9.17. The number of nitrogens with zero attached hydrogens (tertiary/aromatic N) is 4. The van der Waals surface area contributed by atoms with Crippen LogP contribution in [0.2, 0.25) is 0 Å². The molecule has 2 saturated heterocycles. The topological polar surface area (TPSA) is 74.5 Å². The summed E-state index contributed by atoms with van der Waals surface area (Å²) in [5.74, 6) is 2.45. The highest BCUT2D eigenvalue weighted by molar-refractivity contribution is 5.74. The van der Waals surface area contributed by atoms with E-state index in [0.29, 0.717) is 11.7 Å². The van der Waals surface area contributed by atoms with Crippen LogP contribution in [0, 0.1) is 12.8 Å². The highest BCUT2D eigenvalue weighted by atomic mass is 16.5. The Morgan fingerprint density at radius 1 is 1.29 bits per heavy atom. The predicted octanol–water partition coefficient (Wildman–Crippen LogP) is 2.00. The van der Waals surface area contributed by atoms with E-state index in [0.717, 1.165) is 58.0 Å². The van der Waals surface area contributed by atoms with Crippen molar-refractivity contribution in [3.63, 3.8) is 0 Å². The largest absolute Gasteiger partial charge is 0.339 e. The van der Waals surface area contributed by atoms with Gasteiger partial charge in [0.2, 0.25) is 5.89 Å². The molecule has 7 nitrogen and oxygen atoms in total. The lowest BCUT2D eigenvalue weighted by molar-refractivity contribution is 0.165. The summed E-state index contributed by atoms with van der Waals surface area (Å²) in [6, 6.07) is 0.0558. The van der Waals surface area contributed by atoms with Crippen molar-refractivity contribution in [1.29, 1.82) is 0 Å². The van der Waals surface area contributed by atoms with E-state index in [1.807, 2.05) is 11.8 Å². The molecule has 134 valence electrons. The van der Waals surface area contributed by atoms with Crippen molar-refractivity contribution >= 4 is 6.03 Å². The van der Waals surface area contributed by atoms with Crippen LogP contribution >= 0.6 is 0 Å². The molecule has 1 aromatic rings. The highest BCUT2D eigenvalue weighted by Crippen LogP contribution is 2.26. The Labute approximate surface area is 143 Å². The zero-order valence-electron chi connectivity index (χ0n) is 14.8. The van der Waals surface area contributed by atoms with Crippen LogP contribution < -0.4 is 5.32 Å². The number of hydrogen-bond acceptors (Lipinski definition) is 5. The molecule has 7 heteroatoms. The Bertz CT molecular complexity index is 539. The second-order valence-corrected chi connectivity index (χ2v) is 7.22. The van der Waals surface area contributed by atoms with Crippen molar-refractivity contribution < 1.29 is 9.32 Å². The third-order valence-corrected chi connectivity index (χ3v) is 5.12. The molecule has 3 rings (SSSR count). The number of carbonyl (C=O) groups is 1. The maximum absolute atomic E-state index is 12.3. The zero-order valence-corrected chi connectivity index (χ0v) is 14.8. The van der Waals surface area contributed by atoms with Crippen molar-refractivity contribution in [3.05, 3.63) is 11.7 Å². The van der Waals surface area contributed by atoms with E-state index in [1.54, 1.807) is 0 Å². The van der Waals surface area contributed by atoms with Crippen molar-refractivity contribution in [2.75, 3.05) is 39.3 Å². The van der Waals surface area contributed by atoms with Crippen LogP contribution in [-0.4, -0.2) is 65.2 Å². The summed E-state index contributed by atoms with van der Waals surface area (Å²) in [6.07, 6.45) is 4.38. The fourth-order valence-electron chi connectivity index (χ4n) is 3.73. The number of urea groups is 1. The number of rotatable bonds is 4. The minimum atomic E-state index is 0.0558. The normalized spacial score (nSPS) is 23.4. The van der Waals surface area contributed by atoms with Crippen molar-refractivity contribution in [2.24, 2.45) is 5.92 Å². The molecule has 2 amide bonds. The molecule has 0 spiro atoms. The molecule has 0 aromatic carbocycles. The Kier molecular flexibility index (Phi) is 5.71. The number of aromatic nitrogens is 2. The van der Waals surface area contributed by atoms with Gasteiger partial charge in [0.05, 0.1) is 0 Å². The number of amides is 2. The van der Waals surface area contributed by atoms with Gasteiger partial charge in [0.1, 0.15) is 0 Å². The molecular weight excluding hydrogens is 306 g/mol. The van der Waals surface area contributed by atoms with E-state index in [9.17, 15) is 4.79 Å². The third kappa shape index (κ3) is 4.47. The molecule has 0 aliphatic carbocycles. The molecule has 24 heavy (non-hydrogen) atoms. The summed E-state index contributed by atoms with van der Waals surface area (Å²) in [7, 11) is 0. The van der Waals surface area contributed by atoms with Crippen molar-refractivity contribution in [1.82, 2.24) is 25.3 Å². The summed E-state index contributed by atoms with van der Waals surface area (Å²) >= 11 is 0. The van der Waals surface area contributed by atoms with Gasteiger partial charge in [0, 0.05) is 38.6 Å². The summed E-state index contributed by atoms with van der Waals surface area (Å²) < 4.78 is 5.25. The Morgan fingerprint density at radius 2 is 2.08 bits per heavy atom. The molecule has 2 fully saturated rings. The molecule has 1 unspecified atom stereocenters. The van der Waals surface area contributed by atoms with E-state index < -0.39 is 0 Å². The molecular formula is C17H29N5O2. The van der Waals surface area contributed by atoms with Gasteiger partial charge in [0.15, 0.2) is 5.82 Å². The van der Waals surface area contributed by atoms with Gasteiger partial charge in [-0.2, -0.15) is 4.98 Å². The fourth-order valence-corrected chi connectivity index (χ4v) is 3.73. The number of carbonyl (C=O) groups excluding carboxylic acids is 1. The van der Waals surface area contributed by atoms with Crippen LogP contribution in [0.15, 0.2) is 4.52 Å². The van der Waals surface area contributed by atoms with Gasteiger partial charge in [0.25, 0.3) is 0 Å². The van der Waals surface area contributed by atoms with Crippen molar-refractivity contribution in [2.45, 2.75) is 45.4 Å². The van der Waals surface area contributed by atoms with Crippen LogP contribution in [-0.2, 0) is 0 Å². The predicted molar refractivity (Wildman–Crippen MR) is 90.8 cm³/mol. The first-order chi connectivity index (χ1) is 11.6. The van der Waals surface area contributed by atoms with Gasteiger partial charge in [-0.1, -0.05) is 12.1 Å². The SMILES string of the molecule is Cc1noc(C2CCN(C(=O)NCCN3CCCC(C)C3)CC2)n1. The van der Waals surface area contributed by atoms with Gasteiger partial charge >= 0.3 is 6.03 Å². The molecule has 0 radical (unpaired) electrons. The molecule has 1 N–H and O–H groups in total. The van der Waals surface area contributed by atoms with E-state index in [4.69, 9.17) is 4.52 Å². The molecule has 2 aliphatic rings. The third-order valence-electron chi connectivity index (χ3n) is 5.12. The quantitative estimate of drug-likeness (QED) is 0.911. The number of piperidine rings is 2. The molecule has 2 aliphatic heterocycles. The highest BCUT2D eigenvalue weighted by Gasteiger charge is 2.27. The summed E-state index contributed by atoms with van der Waals surface area (Å²) in [5, 5.41) is 6.92. The van der Waals surface area contributed by atoms with E-state index in [1.165, 1.54) is 12.8 Å². The number of aryl methyl sites for hydroxylation is 1. The monoisotopic (exact) mass is 335 g/mol. The first-order valence-corrected chi connectivity index (χ1v) is 9.17. The minimum absolute atomic E-state index is 0.0558. The van der Waals surface area contributed by atoms with Gasteiger partial charge in [-0.15, -0.1) is 0 Å². The lowest BCUT2D eigenvalue weighted by atomic mass is 9.97. The van der Waals surface area contributed by atoms with Crippen LogP contribution in [0.5, 0.6) is 0 Å². The smallest absolute Gasteiger partial charge is 0.317 e. The summed E-state index contributed by atoms with van der Waals surface area (Å²) in [6.45, 7) is 9.64. The Balaban J connectivity index is 1.36. The molecule has 1 atom stereocenters. The standard InChI is InChI=1S/C17H29N5O2/c1-13-4-3-8-21(12-13)11-7-18-17(23)22-9-5-15(6-10-22)16-19-14(2)20-24-16/h13,15H,3-12H2,1-2H3,(H,18,23). The zero-order chi connectivity index (χ0) is 16.9. The maximum atomic E-state index is 12.3. The van der Waals surface area contributed by atoms with E-state index >= 15 is 0 Å². The van der Waals surface area contributed by atoms with E-state index in [-0.39, 0.29) is 11.9 Å². The number of hydrogen-bond donors (Lipinski definition) is 1.